The lowest BCUT2D eigenvalue weighted by atomic mass is 10.0. The number of rotatable bonds is 4. The Labute approximate surface area is 129 Å². The lowest BCUT2D eigenvalue weighted by Crippen LogP contribution is -2.52. The summed E-state index contributed by atoms with van der Waals surface area (Å²) in [7, 11) is 0. The molecule has 21 heavy (non-hydrogen) atoms. The van der Waals surface area contributed by atoms with E-state index in [0.717, 1.165) is 0 Å². The zero-order chi connectivity index (χ0) is 15.4. The summed E-state index contributed by atoms with van der Waals surface area (Å²) in [5, 5.41) is 0. The van der Waals surface area contributed by atoms with Gasteiger partial charge in [-0.25, -0.2) is 4.39 Å². The van der Waals surface area contributed by atoms with Crippen LogP contribution in [0.3, 0.4) is 0 Å². The summed E-state index contributed by atoms with van der Waals surface area (Å²) in [6.07, 6.45) is 0.613. The Morgan fingerprint density at radius 1 is 1.33 bits per heavy atom. The molecule has 1 saturated heterocycles. The van der Waals surface area contributed by atoms with Crippen molar-refractivity contribution in [2.45, 2.75) is 13.3 Å². The Kier molecular flexibility index (Phi) is 5.12. The van der Waals surface area contributed by atoms with Gasteiger partial charge >= 0.3 is 0 Å². The Morgan fingerprint density at radius 2 is 1.95 bits per heavy atom. The lowest BCUT2D eigenvalue weighted by molar-refractivity contribution is -0.133. The molecule has 1 aromatic carbocycles. The largest absolute Gasteiger partial charge is 0.393 e. The van der Waals surface area contributed by atoms with Crippen molar-refractivity contribution < 1.29 is 9.18 Å². The number of para-hydroxylation sites is 1. The third-order valence-electron chi connectivity index (χ3n) is 3.83. The first kappa shape index (κ1) is 15.7. The second-order valence-corrected chi connectivity index (χ2v) is 5.60. The van der Waals surface area contributed by atoms with Crippen LogP contribution in [0.4, 0.5) is 10.1 Å². The highest BCUT2D eigenvalue weighted by molar-refractivity contribution is 7.80. The number of hydrogen-bond donors (Lipinski definition) is 1. The summed E-state index contributed by atoms with van der Waals surface area (Å²) < 4.78 is 13.8. The van der Waals surface area contributed by atoms with Crippen molar-refractivity contribution in [1.82, 2.24) is 4.90 Å². The number of piperazine rings is 1. The van der Waals surface area contributed by atoms with Gasteiger partial charge in [0.1, 0.15) is 5.82 Å². The lowest BCUT2D eigenvalue weighted by Gasteiger charge is -2.37. The summed E-state index contributed by atoms with van der Waals surface area (Å²) in [5.74, 6) is -0.634. The summed E-state index contributed by atoms with van der Waals surface area (Å²) in [6.45, 7) is 4.25. The smallest absolute Gasteiger partial charge is 0.232 e. The quantitative estimate of drug-likeness (QED) is 0.862. The third kappa shape index (κ3) is 3.50. The molecular weight excluding hydrogens is 289 g/mol. The SMILES string of the molecule is CCC(C(=O)N1CCN(c2ccccc2F)CC1)C(N)=S. The topological polar surface area (TPSA) is 49.6 Å². The van der Waals surface area contributed by atoms with Crippen LogP contribution >= 0.6 is 12.2 Å². The highest BCUT2D eigenvalue weighted by Crippen LogP contribution is 2.21. The van der Waals surface area contributed by atoms with Gasteiger partial charge in [-0.2, -0.15) is 0 Å². The van der Waals surface area contributed by atoms with Crippen LogP contribution in [0.25, 0.3) is 0 Å². The maximum atomic E-state index is 13.8. The van der Waals surface area contributed by atoms with Crippen molar-refractivity contribution in [2.24, 2.45) is 11.7 Å². The predicted molar refractivity (Wildman–Crippen MR) is 85.8 cm³/mol. The van der Waals surface area contributed by atoms with Crippen LogP contribution in [0.1, 0.15) is 13.3 Å². The number of halogens is 1. The maximum Gasteiger partial charge on any atom is 0.232 e. The van der Waals surface area contributed by atoms with Crippen LogP contribution < -0.4 is 10.6 Å². The molecule has 4 nitrogen and oxygen atoms in total. The third-order valence-corrected chi connectivity index (χ3v) is 4.12. The number of anilines is 1. The van der Waals surface area contributed by atoms with Crippen LogP contribution in [-0.4, -0.2) is 42.0 Å². The van der Waals surface area contributed by atoms with Gasteiger partial charge in [-0.3, -0.25) is 4.79 Å². The molecule has 1 heterocycles. The monoisotopic (exact) mass is 309 g/mol. The highest BCUT2D eigenvalue weighted by atomic mass is 32.1. The number of carbonyl (C=O) groups excluding carboxylic acids is 1. The van der Waals surface area contributed by atoms with Gasteiger partial charge in [-0.1, -0.05) is 31.3 Å². The van der Waals surface area contributed by atoms with Crippen LogP contribution in [0.5, 0.6) is 0 Å². The molecule has 0 bridgehead atoms. The molecule has 1 amide bonds. The summed E-state index contributed by atoms with van der Waals surface area (Å²) in [5.41, 5.74) is 6.21. The van der Waals surface area contributed by atoms with Gasteiger partial charge in [-0.15, -0.1) is 0 Å². The number of benzene rings is 1. The Balaban J connectivity index is 1.99. The van der Waals surface area contributed by atoms with E-state index in [9.17, 15) is 9.18 Å². The van der Waals surface area contributed by atoms with Crippen LogP contribution in [0.2, 0.25) is 0 Å². The van der Waals surface area contributed by atoms with Gasteiger partial charge in [0.15, 0.2) is 0 Å². The fourth-order valence-corrected chi connectivity index (χ4v) is 2.86. The van der Waals surface area contributed by atoms with Crippen LogP contribution in [-0.2, 0) is 4.79 Å². The molecule has 1 fully saturated rings. The van der Waals surface area contributed by atoms with E-state index < -0.39 is 0 Å². The van der Waals surface area contributed by atoms with Crippen molar-refractivity contribution >= 4 is 28.8 Å². The molecule has 0 aromatic heterocycles. The molecule has 2 rings (SSSR count). The zero-order valence-corrected chi connectivity index (χ0v) is 12.9. The molecule has 0 saturated carbocycles. The second kappa shape index (κ2) is 6.85. The first-order valence-electron chi connectivity index (χ1n) is 7.12. The van der Waals surface area contributed by atoms with Gasteiger partial charge in [0.25, 0.3) is 0 Å². The normalized spacial score (nSPS) is 16.7. The first-order valence-corrected chi connectivity index (χ1v) is 7.53. The molecule has 6 heteroatoms. The van der Waals surface area contributed by atoms with E-state index in [4.69, 9.17) is 18.0 Å². The van der Waals surface area contributed by atoms with E-state index in [1.807, 2.05) is 17.9 Å². The molecule has 2 N–H and O–H groups in total. The summed E-state index contributed by atoms with van der Waals surface area (Å²) in [6, 6.07) is 6.70. The van der Waals surface area contributed by atoms with E-state index in [2.05, 4.69) is 0 Å². The maximum absolute atomic E-state index is 13.8. The van der Waals surface area contributed by atoms with Gasteiger partial charge in [-0.05, 0) is 18.6 Å². The van der Waals surface area contributed by atoms with Crippen molar-refractivity contribution in [3.63, 3.8) is 0 Å². The molecule has 114 valence electrons. The van der Waals surface area contributed by atoms with Crippen molar-refractivity contribution in [2.75, 3.05) is 31.1 Å². The van der Waals surface area contributed by atoms with E-state index in [1.54, 1.807) is 17.0 Å². The average molecular weight is 309 g/mol. The number of hydrogen-bond acceptors (Lipinski definition) is 3. The average Bonchev–Trinajstić information content (AvgIpc) is 2.48. The molecule has 1 aromatic rings. The number of nitrogens with zero attached hydrogens (tertiary/aromatic N) is 2. The van der Waals surface area contributed by atoms with Crippen molar-refractivity contribution in [3.05, 3.63) is 30.1 Å². The Hall–Kier alpha value is -1.69. The van der Waals surface area contributed by atoms with E-state index in [-0.39, 0.29) is 22.6 Å². The van der Waals surface area contributed by atoms with E-state index in [0.29, 0.717) is 38.3 Å². The number of amides is 1. The van der Waals surface area contributed by atoms with Gasteiger partial charge in [0, 0.05) is 26.2 Å². The molecule has 1 aliphatic heterocycles. The minimum Gasteiger partial charge on any atom is -0.393 e. The molecule has 0 spiro atoms. The standard InChI is InChI=1S/C15H20FN3OS/c1-2-11(14(17)21)15(20)19-9-7-18(8-10-19)13-6-4-3-5-12(13)16/h3-6,11H,2,7-10H2,1H3,(H2,17,21). The number of nitrogens with two attached hydrogens (primary N) is 1. The fourth-order valence-electron chi connectivity index (χ4n) is 2.59. The molecule has 1 aliphatic rings. The molecular formula is C15H20FN3OS. The molecule has 1 atom stereocenters. The van der Waals surface area contributed by atoms with Crippen molar-refractivity contribution in [3.8, 4) is 0 Å². The zero-order valence-electron chi connectivity index (χ0n) is 12.1. The summed E-state index contributed by atoms with van der Waals surface area (Å²) in [4.78, 5) is 16.3. The molecule has 0 aliphatic carbocycles. The number of thiocarbonyl (C=S) groups is 1. The van der Waals surface area contributed by atoms with Crippen LogP contribution in [0.15, 0.2) is 24.3 Å². The molecule has 0 radical (unpaired) electrons. The van der Waals surface area contributed by atoms with Gasteiger partial charge < -0.3 is 15.5 Å². The highest BCUT2D eigenvalue weighted by Gasteiger charge is 2.28. The van der Waals surface area contributed by atoms with E-state index >= 15 is 0 Å². The second-order valence-electron chi connectivity index (χ2n) is 5.13. The minimum absolute atomic E-state index is 0.0156. The van der Waals surface area contributed by atoms with Gasteiger partial charge in [0.2, 0.25) is 5.91 Å². The minimum atomic E-state index is -0.389. The van der Waals surface area contributed by atoms with Crippen molar-refractivity contribution in [1.29, 1.82) is 0 Å². The first-order chi connectivity index (χ1) is 10.0. The van der Waals surface area contributed by atoms with E-state index in [1.165, 1.54) is 6.07 Å². The fraction of sp³-hybridized carbons (Fsp3) is 0.467. The Morgan fingerprint density at radius 3 is 2.48 bits per heavy atom. The predicted octanol–water partition coefficient (Wildman–Crippen LogP) is 1.79. The summed E-state index contributed by atoms with van der Waals surface area (Å²) >= 11 is 4.95. The number of carbonyl (C=O) groups is 1. The molecule has 1 unspecified atom stereocenters. The Bertz CT molecular complexity index is 529. The van der Waals surface area contributed by atoms with Crippen LogP contribution in [0, 0.1) is 11.7 Å². The van der Waals surface area contributed by atoms with Gasteiger partial charge in [0.05, 0.1) is 16.6 Å².